The van der Waals surface area contributed by atoms with Gasteiger partial charge in [0.15, 0.2) is 0 Å². The Morgan fingerprint density at radius 1 is 0.240 bits per heavy atom. The number of benzene rings is 18. The molecule has 0 N–H and O–H groups in total. The van der Waals surface area contributed by atoms with Gasteiger partial charge in [0, 0.05) is 47.3 Å². The summed E-state index contributed by atoms with van der Waals surface area (Å²) in [5, 5.41) is -9.96. The van der Waals surface area contributed by atoms with Gasteiger partial charge in [0.2, 0.25) is 0 Å². The predicted molar refractivity (Wildman–Crippen MR) is 440 cm³/mol. The molecule has 1 unspecified atom stereocenters. The second kappa shape index (κ2) is 22.8. The Morgan fingerprint density at radius 2 is 0.606 bits per heavy atom. The van der Waals surface area contributed by atoms with E-state index in [9.17, 15) is 34.3 Å². The Hall–Kier alpha value is -12.9. The Labute approximate surface area is 684 Å². The van der Waals surface area contributed by atoms with Crippen molar-refractivity contribution in [1.29, 1.82) is 0 Å². The van der Waals surface area contributed by atoms with Gasteiger partial charge in [-0.3, -0.25) is 0 Å². The Bertz CT molecular complexity index is 10500. The molecule has 0 fully saturated rings. The predicted octanol–water partition coefficient (Wildman–Crippen LogP) is 28.7. The van der Waals surface area contributed by atoms with Crippen molar-refractivity contribution in [2.75, 3.05) is 0 Å². The average molecular weight is 1380 g/mol. The fourth-order valence-electron chi connectivity index (χ4n) is 14.2. The Kier molecular flexibility index (Phi) is 5.68. The first-order valence-corrected chi connectivity index (χ1v) is 31.6. The lowest BCUT2D eigenvalue weighted by Crippen LogP contribution is -2.14. The third-order valence-corrected chi connectivity index (χ3v) is 18.9. The maximum Gasteiger partial charge on any atom is 0.143 e. The van der Waals surface area contributed by atoms with E-state index in [2.05, 4.69) is 0 Å². The number of hydrogen-bond donors (Lipinski definition) is 0. The molecule has 0 saturated carbocycles. The fraction of sp³-hybridized carbons (Fsp3) is 0.0588. The van der Waals surface area contributed by atoms with Gasteiger partial charge in [0.25, 0.3) is 0 Å². The standard InChI is InChI=1S/2C51H34O/c1-51(2)44-23-10-9-17-36(44)37-27-26-33(30-45(37)51)32-14-11-15-34(29-32)47-38-18-5-7-20-40(38)48(41-21-8-6-19-39(41)47)42-22-12-24-46-49(42)43-28-25-31-13-3-4-16-35(31)50(43)52-46;1-51(2)44-20-10-9-14-36(44)37-28-27-34(30-45(37)51)31-22-24-33(25-23-31)47-38-15-5-7-17-40(38)48(41-18-8-6-16-39(41)47)42-19-11-21-46-49(42)43-29-26-32-12-3-4-13-35(32)50(43)52-46/h2*3-30H,1-2H3/i3D,4D,5D,6D,7D,8D,9D,10D,11D,12D,13D,14D,15D,16D,17D,18D,19D,20D,21D,22D,23D,24D,25D,26D,27D,28D,29D;1D3,3D,4D,5D,6D,7D,8D,9D,10D,11D,12D,13D,14D,15D,16D,17D,18D,19D,20D,21D,22D,23D,24D,25D,26D,27D,28D,29D,30D. The van der Waals surface area contributed by atoms with Crippen LogP contribution in [0.2, 0.25) is 0 Å². The molecule has 22 rings (SSSR count). The molecule has 0 bridgehead atoms. The van der Waals surface area contributed by atoms with Crippen molar-refractivity contribution in [3.8, 4) is 89.0 Å². The van der Waals surface area contributed by atoms with E-state index >= 15 is 0 Å². The van der Waals surface area contributed by atoms with E-state index in [1.807, 2.05) is 0 Å². The summed E-state index contributed by atoms with van der Waals surface area (Å²) in [6.07, 6.45) is 0. The number of furan rings is 2. The monoisotopic (exact) mass is 1380 g/mol. The molecule has 2 heterocycles. The summed E-state index contributed by atoms with van der Waals surface area (Å²) in [6, 6.07) is -47.8. The highest BCUT2D eigenvalue weighted by Crippen LogP contribution is 2.54. The molecule has 488 valence electrons. The van der Waals surface area contributed by atoms with E-state index in [0.29, 0.717) is 0 Å². The minimum Gasteiger partial charge on any atom is -0.455 e. The van der Waals surface area contributed by atoms with Crippen molar-refractivity contribution < 1.29 is 88.3 Å². The first-order valence-electron chi connectivity index (χ1n) is 60.6. The van der Waals surface area contributed by atoms with E-state index in [1.54, 1.807) is 13.8 Å². The second-order valence-electron chi connectivity index (χ2n) is 24.9. The molecule has 0 amide bonds. The third-order valence-electron chi connectivity index (χ3n) is 18.9. The van der Waals surface area contributed by atoms with Crippen LogP contribution in [0.5, 0.6) is 0 Å². The molecule has 2 heteroatoms. The normalized spacial score (nSPS) is 22.2. The molecule has 2 nitrogen and oxygen atoms in total. The molecule has 0 radical (unpaired) electrons. The molecule has 0 spiro atoms. The van der Waals surface area contributed by atoms with Crippen molar-refractivity contribution >= 4 is 109 Å². The zero-order chi connectivity index (χ0) is 119. The van der Waals surface area contributed by atoms with Crippen LogP contribution in [0.25, 0.3) is 198 Å². The van der Waals surface area contributed by atoms with Crippen molar-refractivity contribution in [1.82, 2.24) is 0 Å². The topological polar surface area (TPSA) is 26.3 Å². The number of fused-ring (bicyclic) bond motifs is 20. The highest BCUT2D eigenvalue weighted by molar-refractivity contribution is 6.29. The molecule has 20 aromatic rings. The van der Waals surface area contributed by atoms with Crippen LogP contribution in [-0.2, 0) is 10.8 Å². The lowest BCUT2D eigenvalue weighted by Gasteiger charge is -2.22. The van der Waals surface area contributed by atoms with Gasteiger partial charge >= 0.3 is 0 Å². The van der Waals surface area contributed by atoms with Crippen molar-refractivity contribution in [2.45, 2.75) is 38.5 Å². The average Bonchev–Trinajstić information content (AvgIpc) is 1.22. The molecule has 0 saturated heterocycles. The second-order valence-corrected chi connectivity index (χ2v) is 24.9. The zero-order valence-corrected chi connectivity index (χ0v) is 53.4. The lowest BCUT2D eigenvalue weighted by molar-refractivity contribution is 0.660. The first-order chi connectivity index (χ1) is 75.3. The Morgan fingerprint density at radius 3 is 1.12 bits per heavy atom. The van der Waals surface area contributed by atoms with Gasteiger partial charge in [-0.2, -0.15) is 0 Å². The van der Waals surface area contributed by atoms with Gasteiger partial charge in [0.05, 0.1) is 75.4 Å². The molecule has 1 atom stereocenters. The highest BCUT2D eigenvalue weighted by atomic mass is 16.3. The van der Waals surface area contributed by atoms with Crippen LogP contribution in [-0.4, -0.2) is 0 Å². The van der Waals surface area contributed by atoms with Crippen LogP contribution >= 0.6 is 0 Å². The summed E-state index contributed by atoms with van der Waals surface area (Å²) in [7, 11) is 0. The molecule has 104 heavy (non-hydrogen) atoms. The maximum absolute atomic E-state index is 10.0. The summed E-state index contributed by atoms with van der Waals surface area (Å²) >= 11 is 0. The molecule has 2 aromatic heterocycles. The van der Waals surface area contributed by atoms with Gasteiger partial charge < -0.3 is 8.83 Å². The fourth-order valence-corrected chi connectivity index (χ4v) is 14.2. The summed E-state index contributed by atoms with van der Waals surface area (Å²) in [6.45, 7) is 0.973. The van der Waals surface area contributed by atoms with E-state index < -0.39 is 542 Å². The largest absolute Gasteiger partial charge is 0.455 e. The molecular weight excluding hydrogens is 1260 g/mol. The molecule has 2 aliphatic carbocycles. The smallest absolute Gasteiger partial charge is 0.143 e. The minimum absolute atomic E-state index is 0.0431. The lowest BCUT2D eigenvalue weighted by atomic mass is 9.81. The number of hydrogen-bond acceptors (Lipinski definition) is 2. The van der Waals surface area contributed by atoms with E-state index in [0.717, 1.165) is 6.92 Å². The van der Waals surface area contributed by atoms with Gasteiger partial charge in [-0.1, -0.05) is 324 Å². The van der Waals surface area contributed by atoms with Gasteiger partial charge in [-0.25, -0.2) is 0 Å². The first kappa shape index (κ1) is 25.9. The highest BCUT2D eigenvalue weighted by Gasteiger charge is 2.37. The molecule has 18 aromatic carbocycles. The molecular formula is C102H68O2. The van der Waals surface area contributed by atoms with Crippen molar-refractivity contribution in [3.05, 3.63) is 361 Å². The summed E-state index contributed by atoms with van der Waals surface area (Å²) < 4.78 is 541. The van der Waals surface area contributed by atoms with Crippen LogP contribution in [0.15, 0.2) is 347 Å². The quantitative estimate of drug-likeness (QED) is 0.155. The van der Waals surface area contributed by atoms with Crippen LogP contribution in [0.1, 0.15) is 129 Å². The summed E-state index contributed by atoms with van der Waals surface area (Å²) in [4.78, 5) is 0. The van der Waals surface area contributed by atoms with Gasteiger partial charge in [-0.15, -0.1) is 0 Å². The minimum atomic E-state index is -3.27. The van der Waals surface area contributed by atoms with Crippen LogP contribution in [0.3, 0.4) is 0 Å². The SMILES string of the molecule is [2H]c1c(-c2c([2H])c([2H])c([2H])c(-c3c4c([2H])c([2H])c([2H])c([2H])c4c(-c4c([2H])c([2H])c([2H])c5oc6c7c([2H])c([2H])c([2H])c([2H])c7c([2H])c([2H])c6c45)c4c([2H])c([2H])c([2H])c([2H])c34)c2[2H])cc2c(c1[2H])-c1c([2H])c([2H])c([2H])c([2H])c1C2(C)C.[2H]c1c([2H])c([2H])c2c(c1[2H])-c1c([2H])c([2H])c(-c3c([2H])c([2H])c(-c4c5c([2H])c([2H])c([2H])c([2H])c5c(-c5c([2H])c([2H])c([2H])c6oc7c8c([2H])c([2H])c([2H])c([2H])c8c([2H])c([2H])c7c56)c5c([2H])c([2H])c([2H])c([2H])c45)c([2H])c3[2H])c([2H])c1C2(C)C([2H])([2H])[2H]. The summed E-state index contributed by atoms with van der Waals surface area (Å²) in [5.74, 6) is 0. The van der Waals surface area contributed by atoms with Crippen molar-refractivity contribution in [3.63, 3.8) is 0 Å². The van der Waals surface area contributed by atoms with Crippen LogP contribution in [0, 0.1) is 0 Å². The Balaban J connectivity index is 0.000000186. The summed E-state index contributed by atoms with van der Waals surface area (Å²) in [5.41, 5.74) is -17.1. The molecule has 0 aliphatic heterocycles. The molecule has 2 aliphatic rings. The zero-order valence-electron chi connectivity index (χ0n) is 111. The van der Waals surface area contributed by atoms with E-state index in [1.165, 1.54) is 6.07 Å². The van der Waals surface area contributed by atoms with Gasteiger partial charge in [-0.05, 0) is 207 Å². The maximum atomic E-state index is 10.0. The van der Waals surface area contributed by atoms with E-state index in [-0.39, 0.29) is 27.8 Å². The number of rotatable bonds is 6. The third kappa shape index (κ3) is 8.88. The van der Waals surface area contributed by atoms with Crippen LogP contribution < -0.4 is 0 Å². The van der Waals surface area contributed by atoms with Crippen molar-refractivity contribution in [2.24, 2.45) is 0 Å². The van der Waals surface area contributed by atoms with E-state index in [4.69, 9.17) is 54.1 Å². The van der Waals surface area contributed by atoms with Crippen LogP contribution in [0.4, 0.5) is 0 Å². The van der Waals surface area contributed by atoms with Gasteiger partial charge in [0.1, 0.15) is 22.3 Å².